The number of carbonyl (C=O) groups excluding carboxylic acids is 2. The summed E-state index contributed by atoms with van der Waals surface area (Å²) in [5.41, 5.74) is 2.58. The van der Waals surface area contributed by atoms with Crippen molar-refractivity contribution < 1.29 is 9.59 Å². The van der Waals surface area contributed by atoms with Gasteiger partial charge in [0.1, 0.15) is 0 Å². The standard InChI is InChI=1S/C19H23N3O2S/c1-14(23)20-16-6-8-17(9-7-16)21-19(24)13-22(2)12-15-4-10-18(25-3)11-5-15/h4-11H,12-13H2,1-3H3,(H,20,23)(H,21,24). The molecule has 0 atom stereocenters. The minimum absolute atomic E-state index is 0.0736. The summed E-state index contributed by atoms with van der Waals surface area (Å²) < 4.78 is 0. The molecule has 2 rings (SSSR count). The molecule has 25 heavy (non-hydrogen) atoms. The van der Waals surface area contributed by atoms with Crippen molar-refractivity contribution in [3.8, 4) is 0 Å². The molecular weight excluding hydrogens is 334 g/mol. The van der Waals surface area contributed by atoms with Gasteiger partial charge in [0.25, 0.3) is 0 Å². The molecule has 0 aliphatic rings. The molecule has 0 aliphatic carbocycles. The van der Waals surface area contributed by atoms with Crippen LogP contribution >= 0.6 is 11.8 Å². The summed E-state index contributed by atoms with van der Waals surface area (Å²) >= 11 is 1.71. The van der Waals surface area contributed by atoms with Crippen molar-refractivity contribution in [1.82, 2.24) is 4.90 Å². The highest BCUT2D eigenvalue weighted by molar-refractivity contribution is 7.98. The highest BCUT2D eigenvalue weighted by Crippen LogP contribution is 2.16. The number of amides is 2. The summed E-state index contributed by atoms with van der Waals surface area (Å²) in [6.07, 6.45) is 2.05. The largest absolute Gasteiger partial charge is 0.326 e. The molecule has 0 aliphatic heterocycles. The summed E-state index contributed by atoms with van der Waals surface area (Å²) in [4.78, 5) is 26.3. The monoisotopic (exact) mass is 357 g/mol. The molecule has 0 spiro atoms. The number of hydrogen-bond donors (Lipinski definition) is 2. The third kappa shape index (κ3) is 6.60. The normalized spacial score (nSPS) is 10.6. The van der Waals surface area contributed by atoms with Crippen LogP contribution < -0.4 is 10.6 Å². The Bertz CT molecular complexity index is 714. The van der Waals surface area contributed by atoms with Crippen LogP contribution in [0, 0.1) is 0 Å². The number of hydrogen-bond acceptors (Lipinski definition) is 4. The minimum atomic E-state index is -0.121. The smallest absolute Gasteiger partial charge is 0.238 e. The molecular formula is C19H23N3O2S. The topological polar surface area (TPSA) is 61.4 Å². The SMILES string of the molecule is CSc1ccc(CN(C)CC(=O)Nc2ccc(NC(C)=O)cc2)cc1. The molecule has 0 bridgehead atoms. The number of rotatable bonds is 7. The number of nitrogens with zero attached hydrogens (tertiary/aromatic N) is 1. The van der Waals surface area contributed by atoms with E-state index >= 15 is 0 Å². The van der Waals surface area contributed by atoms with Crippen LogP contribution in [0.25, 0.3) is 0 Å². The van der Waals surface area contributed by atoms with Crippen molar-refractivity contribution in [1.29, 1.82) is 0 Å². The number of thioether (sulfide) groups is 1. The van der Waals surface area contributed by atoms with Crippen molar-refractivity contribution in [2.75, 3.05) is 30.5 Å². The molecule has 132 valence electrons. The van der Waals surface area contributed by atoms with Gasteiger partial charge in [0.05, 0.1) is 6.54 Å². The number of likely N-dealkylation sites (N-methyl/N-ethyl adjacent to an activating group) is 1. The first kappa shape index (κ1) is 19.0. The van der Waals surface area contributed by atoms with E-state index in [0.717, 1.165) is 0 Å². The first-order valence-electron chi connectivity index (χ1n) is 7.95. The Labute approximate surface area is 152 Å². The van der Waals surface area contributed by atoms with E-state index in [-0.39, 0.29) is 11.8 Å². The van der Waals surface area contributed by atoms with Crippen LogP contribution in [0.1, 0.15) is 12.5 Å². The van der Waals surface area contributed by atoms with Gasteiger partial charge in [0, 0.05) is 29.7 Å². The maximum absolute atomic E-state index is 12.2. The van der Waals surface area contributed by atoms with Crippen molar-refractivity contribution in [2.45, 2.75) is 18.4 Å². The van der Waals surface area contributed by atoms with Crippen molar-refractivity contribution in [3.05, 3.63) is 54.1 Å². The van der Waals surface area contributed by atoms with Gasteiger partial charge < -0.3 is 10.6 Å². The molecule has 2 amide bonds. The van der Waals surface area contributed by atoms with Crippen LogP contribution in [0.15, 0.2) is 53.4 Å². The van der Waals surface area contributed by atoms with Crippen LogP contribution in [-0.2, 0) is 16.1 Å². The minimum Gasteiger partial charge on any atom is -0.326 e. The molecule has 0 unspecified atom stereocenters. The lowest BCUT2D eigenvalue weighted by Gasteiger charge is -2.16. The molecule has 6 heteroatoms. The van der Waals surface area contributed by atoms with Crippen LogP contribution in [0.2, 0.25) is 0 Å². The summed E-state index contributed by atoms with van der Waals surface area (Å²) in [6, 6.07) is 15.4. The predicted octanol–water partition coefficient (Wildman–Crippen LogP) is 3.44. The third-order valence-electron chi connectivity index (χ3n) is 3.51. The third-order valence-corrected chi connectivity index (χ3v) is 4.26. The van der Waals surface area contributed by atoms with Crippen LogP contribution in [0.5, 0.6) is 0 Å². The Hall–Kier alpha value is -2.31. The molecule has 0 fully saturated rings. The van der Waals surface area contributed by atoms with E-state index in [1.807, 2.05) is 18.2 Å². The molecule has 0 saturated heterocycles. The van der Waals surface area contributed by atoms with E-state index in [4.69, 9.17) is 0 Å². The maximum Gasteiger partial charge on any atom is 0.238 e. The van der Waals surface area contributed by atoms with Gasteiger partial charge >= 0.3 is 0 Å². The second-order valence-corrected chi connectivity index (χ2v) is 6.71. The fraction of sp³-hybridized carbons (Fsp3) is 0.263. The first-order valence-corrected chi connectivity index (χ1v) is 9.17. The number of nitrogens with one attached hydrogen (secondary N) is 2. The lowest BCUT2D eigenvalue weighted by atomic mass is 10.2. The Kier molecular flexibility index (Phi) is 7.03. The zero-order valence-corrected chi connectivity index (χ0v) is 15.5. The molecule has 0 aromatic heterocycles. The quantitative estimate of drug-likeness (QED) is 0.745. The summed E-state index contributed by atoms with van der Waals surface area (Å²) in [5, 5.41) is 5.55. The average molecular weight is 357 g/mol. The van der Waals surface area contributed by atoms with Crippen molar-refractivity contribution in [3.63, 3.8) is 0 Å². The van der Waals surface area contributed by atoms with E-state index in [1.54, 1.807) is 36.0 Å². The van der Waals surface area contributed by atoms with Gasteiger partial charge in [-0.05, 0) is 55.3 Å². The van der Waals surface area contributed by atoms with Crippen molar-refractivity contribution >= 4 is 35.0 Å². The van der Waals surface area contributed by atoms with Crippen molar-refractivity contribution in [2.24, 2.45) is 0 Å². The van der Waals surface area contributed by atoms with Gasteiger partial charge in [-0.1, -0.05) is 12.1 Å². The van der Waals surface area contributed by atoms with Crippen LogP contribution in [-0.4, -0.2) is 36.6 Å². The molecule has 5 nitrogen and oxygen atoms in total. The summed E-state index contributed by atoms with van der Waals surface area (Å²) in [6.45, 7) is 2.47. The summed E-state index contributed by atoms with van der Waals surface area (Å²) in [7, 11) is 1.92. The fourth-order valence-electron chi connectivity index (χ4n) is 2.38. The lowest BCUT2D eigenvalue weighted by Crippen LogP contribution is -2.29. The maximum atomic E-state index is 12.2. The fourth-order valence-corrected chi connectivity index (χ4v) is 2.79. The van der Waals surface area contributed by atoms with E-state index in [2.05, 4.69) is 34.9 Å². The molecule has 0 radical (unpaired) electrons. The van der Waals surface area contributed by atoms with Gasteiger partial charge in [0.15, 0.2) is 0 Å². The van der Waals surface area contributed by atoms with E-state index in [1.165, 1.54) is 17.4 Å². The predicted molar refractivity (Wildman–Crippen MR) is 104 cm³/mol. The first-order chi connectivity index (χ1) is 12.0. The zero-order valence-electron chi connectivity index (χ0n) is 14.7. The Morgan fingerprint density at radius 2 is 1.52 bits per heavy atom. The average Bonchev–Trinajstić information content (AvgIpc) is 2.56. The van der Waals surface area contributed by atoms with E-state index in [9.17, 15) is 9.59 Å². The molecule has 2 aromatic rings. The Balaban J connectivity index is 1.83. The number of anilines is 2. The number of benzene rings is 2. The van der Waals surface area contributed by atoms with Gasteiger partial charge in [-0.25, -0.2) is 0 Å². The van der Waals surface area contributed by atoms with E-state index in [0.29, 0.717) is 24.5 Å². The zero-order chi connectivity index (χ0) is 18.2. The van der Waals surface area contributed by atoms with Gasteiger partial charge in [-0.2, -0.15) is 0 Å². The highest BCUT2D eigenvalue weighted by atomic mass is 32.2. The Morgan fingerprint density at radius 1 is 0.960 bits per heavy atom. The van der Waals surface area contributed by atoms with Gasteiger partial charge in [-0.15, -0.1) is 11.8 Å². The number of carbonyl (C=O) groups is 2. The molecule has 0 saturated carbocycles. The second-order valence-electron chi connectivity index (χ2n) is 5.83. The molecule has 2 N–H and O–H groups in total. The van der Waals surface area contributed by atoms with Gasteiger partial charge in [-0.3, -0.25) is 14.5 Å². The molecule has 2 aromatic carbocycles. The van der Waals surface area contributed by atoms with E-state index < -0.39 is 0 Å². The second kappa shape index (κ2) is 9.25. The lowest BCUT2D eigenvalue weighted by molar-refractivity contribution is -0.117. The Morgan fingerprint density at radius 3 is 2.04 bits per heavy atom. The highest BCUT2D eigenvalue weighted by Gasteiger charge is 2.08. The molecule has 0 heterocycles. The summed E-state index contributed by atoms with van der Waals surface area (Å²) in [5.74, 6) is -0.195. The van der Waals surface area contributed by atoms with Crippen LogP contribution in [0.4, 0.5) is 11.4 Å². The van der Waals surface area contributed by atoms with Gasteiger partial charge in [0.2, 0.25) is 11.8 Å². The van der Waals surface area contributed by atoms with Crippen LogP contribution in [0.3, 0.4) is 0 Å².